The summed E-state index contributed by atoms with van der Waals surface area (Å²) in [4.78, 5) is 13.8. The first-order valence-corrected chi connectivity index (χ1v) is 10.3. The third-order valence-corrected chi connectivity index (χ3v) is 5.05. The maximum atomic E-state index is 12.8. The van der Waals surface area contributed by atoms with E-state index in [2.05, 4.69) is 43.1 Å². The topological polar surface area (TPSA) is 55.1 Å². The van der Waals surface area contributed by atoms with Gasteiger partial charge in [-0.15, -0.1) is 0 Å². The lowest BCUT2D eigenvalue weighted by atomic mass is 9.95. The Morgan fingerprint density at radius 3 is 2.21 bits per heavy atom. The Balaban J connectivity index is 0.00000145. The van der Waals surface area contributed by atoms with Crippen LogP contribution in [0, 0.1) is 24.2 Å². The minimum Gasteiger partial charge on any atom is -0.333 e. The van der Waals surface area contributed by atoms with Crippen molar-refractivity contribution in [2.75, 3.05) is 7.05 Å². The fourth-order valence-electron chi connectivity index (χ4n) is 2.69. The van der Waals surface area contributed by atoms with Gasteiger partial charge in [-0.25, -0.2) is 0 Å². The summed E-state index contributed by atoms with van der Waals surface area (Å²) in [5.41, 5.74) is 7.18. The number of carbonyl (C=O) groups is 1. The monoisotopic (exact) mass is 404 g/mol. The fourth-order valence-corrected chi connectivity index (χ4v) is 3.38. The summed E-state index contributed by atoms with van der Waals surface area (Å²) in [6.45, 7) is 8.30. The van der Waals surface area contributed by atoms with Crippen LogP contribution < -0.4 is 10.5 Å². The minimum atomic E-state index is -0.102. The van der Waals surface area contributed by atoms with E-state index in [1.54, 1.807) is 0 Å². The van der Waals surface area contributed by atoms with Crippen molar-refractivity contribution in [1.29, 1.82) is 0 Å². The third kappa shape index (κ3) is 6.12. The molecule has 0 unspecified atom stereocenters. The van der Waals surface area contributed by atoms with Crippen LogP contribution in [0.15, 0.2) is 65.6 Å². The van der Waals surface area contributed by atoms with Crippen LogP contribution in [0.2, 0.25) is 0 Å². The molecule has 0 aliphatic carbocycles. The molecule has 150 valence electrons. The lowest BCUT2D eigenvalue weighted by molar-refractivity contribution is 0.0986. The first kappa shape index (κ1) is 22.5. The van der Waals surface area contributed by atoms with Gasteiger partial charge in [-0.05, 0) is 81.2 Å². The summed E-state index contributed by atoms with van der Waals surface area (Å²) in [6, 6.07) is 19.7. The second-order valence-electron chi connectivity index (χ2n) is 7.51. The molecule has 0 aliphatic rings. The number of aryl methyl sites for hydroxylation is 1. The maximum Gasteiger partial charge on any atom is 0.261 e. The van der Waals surface area contributed by atoms with Crippen LogP contribution >= 0.6 is 11.9 Å². The van der Waals surface area contributed by atoms with Crippen molar-refractivity contribution >= 4 is 28.6 Å². The second kappa shape index (κ2) is 10.2. The highest BCUT2D eigenvalue weighted by Crippen LogP contribution is 2.25. The van der Waals surface area contributed by atoms with E-state index in [0.717, 1.165) is 26.8 Å². The van der Waals surface area contributed by atoms with E-state index < -0.39 is 0 Å². The number of amides is 1. The summed E-state index contributed by atoms with van der Waals surface area (Å²) in [7, 11) is 1.50. The maximum absolute atomic E-state index is 12.8. The van der Waals surface area contributed by atoms with Gasteiger partial charge in [0.05, 0.1) is 0 Å². The predicted molar refractivity (Wildman–Crippen MR) is 125 cm³/mol. The number of carbonyl (C=O) groups excluding carboxylic acids is 1. The van der Waals surface area contributed by atoms with E-state index in [9.17, 15) is 4.79 Å². The predicted octanol–water partition coefficient (Wildman–Crippen LogP) is 5.56. The van der Waals surface area contributed by atoms with E-state index in [-0.39, 0.29) is 11.3 Å². The molecule has 0 spiro atoms. The number of hydrogen-bond donors (Lipinski definition) is 2. The third-order valence-electron chi connectivity index (χ3n) is 4.09. The molecule has 3 aromatic carbocycles. The zero-order valence-electron chi connectivity index (χ0n) is 17.7. The van der Waals surface area contributed by atoms with Gasteiger partial charge < -0.3 is 5.73 Å². The van der Waals surface area contributed by atoms with Crippen LogP contribution in [0.4, 0.5) is 0 Å². The van der Waals surface area contributed by atoms with Crippen molar-refractivity contribution < 1.29 is 4.79 Å². The molecule has 3 N–H and O–H groups in total. The SMILES string of the molecule is CN.Cc1ccccc1SNC(=O)c1ccc(C#CC(C)(C)C)c2ccccc12. The summed E-state index contributed by atoms with van der Waals surface area (Å²) >= 11 is 1.35. The molecule has 0 saturated carbocycles. The van der Waals surface area contributed by atoms with Crippen molar-refractivity contribution in [3.8, 4) is 11.8 Å². The summed E-state index contributed by atoms with van der Waals surface area (Å²) in [5, 5.41) is 1.92. The minimum absolute atomic E-state index is 0.0681. The Labute approximate surface area is 178 Å². The van der Waals surface area contributed by atoms with Crippen molar-refractivity contribution in [3.05, 3.63) is 77.4 Å². The molecule has 29 heavy (non-hydrogen) atoms. The van der Waals surface area contributed by atoms with Crippen LogP contribution in [0.5, 0.6) is 0 Å². The van der Waals surface area contributed by atoms with Crippen molar-refractivity contribution in [2.24, 2.45) is 11.1 Å². The molecule has 0 fully saturated rings. The van der Waals surface area contributed by atoms with Crippen LogP contribution in [0.25, 0.3) is 10.8 Å². The van der Waals surface area contributed by atoms with Gasteiger partial charge in [0.2, 0.25) is 0 Å². The number of rotatable bonds is 3. The number of fused-ring (bicyclic) bond motifs is 1. The highest BCUT2D eigenvalue weighted by molar-refractivity contribution is 7.98. The van der Waals surface area contributed by atoms with Gasteiger partial charge in [0.25, 0.3) is 5.91 Å². The highest BCUT2D eigenvalue weighted by Gasteiger charge is 2.13. The van der Waals surface area contributed by atoms with E-state index >= 15 is 0 Å². The van der Waals surface area contributed by atoms with Gasteiger partial charge in [-0.1, -0.05) is 54.3 Å². The zero-order valence-corrected chi connectivity index (χ0v) is 18.5. The van der Waals surface area contributed by atoms with Crippen molar-refractivity contribution in [1.82, 2.24) is 4.72 Å². The van der Waals surface area contributed by atoms with Gasteiger partial charge in [-0.2, -0.15) is 0 Å². The zero-order chi connectivity index (χ0) is 21.4. The van der Waals surface area contributed by atoms with Gasteiger partial charge >= 0.3 is 0 Å². The summed E-state index contributed by atoms with van der Waals surface area (Å²) < 4.78 is 2.97. The Kier molecular flexibility index (Phi) is 7.90. The van der Waals surface area contributed by atoms with E-state index in [4.69, 9.17) is 0 Å². The Bertz CT molecular complexity index is 1060. The van der Waals surface area contributed by atoms with Gasteiger partial charge in [0.15, 0.2) is 0 Å². The van der Waals surface area contributed by atoms with Crippen molar-refractivity contribution in [2.45, 2.75) is 32.6 Å². The largest absolute Gasteiger partial charge is 0.333 e. The van der Waals surface area contributed by atoms with E-state index in [0.29, 0.717) is 5.56 Å². The van der Waals surface area contributed by atoms with Crippen LogP contribution in [0.3, 0.4) is 0 Å². The first-order chi connectivity index (χ1) is 13.8. The number of nitrogens with one attached hydrogen (secondary N) is 1. The van der Waals surface area contributed by atoms with Gasteiger partial charge in [0, 0.05) is 21.4 Å². The Morgan fingerprint density at radius 2 is 1.55 bits per heavy atom. The van der Waals surface area contributed by atoms with Crippen LogP contribution in [-0.2, 0) is 0 Å². The standard InChI is InChI=1S/C24H23NOS.CH5N/c1-17-9-5-8-12-22(17)27-25-23(26)21-14-13-18(15-16-24(2,3)4)19-10-6-7-11-20(19)21;1-2/h5-14H,1-4H3,(H,25,26);2H2,1H3. The van der Waals surface area contributed by atoms with Crippen LogP contribution in [0.1, 0.15) is 42.3 Å². The lowest BCUT2D eigenvalue weighted by Crippen LogP contribution is -2.16. The number of benzene rings is 3. The molecule has 0 aromatic heterocycles. The van der Waals surface area contributed by atoms with Gasteiger partial charge in [-0.3, -0.25) is 9.52 Å². The highest BCUT2D eigenvalue weighted by atomic mass is 32.2. The quantitative estimate of drug-likeness (QED) is 0.444. The molecular weight excluding hydrogens is 376 g/mol. The van der Waals surface area contributed by atoms with Crippen molar-refractivity contribution in [3.63, 3.8) is 0 Å². The molecule has 0 heterocycles. The van der Waals surface area contributed by atoms with E-state index in [1.165, 1.54) is 19.0 Å². The second-order valence-corrected chi connectivity index (χ2v) is 8.35. The first-order valence-electron chi connectivity index (χ1n) is 9.51. The molecule has 0 bridgehead atoms. The molecule has 3 rings (SSSR count). The molecule has 1 amide bonds. The molecule has 0 aliphatic heterocycles. The summed E-state index contributed by atoms with van der Waals surface area (Å²) in [6.07, 6.45) is 0. The average Bonchev–Trinajstić information content (AvgIpc) is 2.72. The molecule has 3 aromatic rings. The lowest BCUT2D eigenvalue weighted by Gasteiger charge is -2.11. The molecule has 0 radical (unpaired) electrons. The molecule has 4 heteroatoms. The Hall–Kier alpha value is -2.74. The number of nitrogens with two attached hydrogens (primary N) is 1. The molecule has 0 saturated heterocycles. The molecule has 3 nitrogen and oxygen atoms in total. The molecule has 0 atom stereocenters. The van der Waals surface area contributed by atoms with Crippen LogP contribution in [-0.4, -0.2) is 13.0 Å². The average molecular weight is 405 g/mol. The molecular formula is C25H28N2OS. The fraction of sp³-hybridized carbons (Fsp3) is 0.240. The van der Waals surface area contributed by atoms with E-state index in [1.807, 2.05) is 67.6 Å². The summed E-state index contributed by atoms with van der Waals surface area (Å²) in [5.74, 6) is 6.45. The number of hydrogen-bond acceptors (Lipinski definition) is 3. The normalized spacial score (nSPS) is 10.4. The Morgan fingerprint density at radius 1 is 0.931 bits per heavy atom. The van der Waals surface area contributed by atoms with Gasteiger partial charge in [0.1, 0.15) is 0 Å². The smallest absolute Gasteiger partial charge is 0.261 e.